The van der Waals surface area contributed by atoms with Crippen LogP contribution in [0.3, 0.4) is 0 Å². The maximum absolute atomic E-state index is 10.4. The van der Waals surface area contributed by atoms with Crippen LogP contribution in [-0.4, -0.2) is 5.97 Å². The standard InChI is InChI=1S/C7H4BrN3O2S/c8-6-2-1-4(14-6)3-5(7(12)13)10-11-9/h1-3H,(H,12,13)/p-1. The van der Waals surface area contributed by atoms with Crippen LogP contribution in [0.25, 0.3) is 16.5 Å². The van der Waals surface area contributed by atoms with Crippen LogP contribution in [0.2, 0.25) is 0 Å². The lowest BCUT2D eigenvalue weighted by atomic mass is 10.3. The number of carboxylic acid groups (broad SMARTS) is 1. The topological polar surface area (TPSA) is 88.9 Å². The number of azide groups is 1. The van der Waals surface area contributed by atoms with Gasteiger partial charge in [0.15, 0.2) is 0 Å². The van der Waals surface area contributed by atoms with Crippen LogP contribution in [0.5, 0.6) is 0 Å². The van der Waals surface area contributed by atoms with E-state index in [0.29, 0.717) is 4.88 Å². The number of rotatable bonds is 3. The summed E-state index contributed by atoms with van der Waals surface area (Å²) in [6.45, 7) is 0. The summed E-state index contributed by atoms with van der Waals surface area (Å²) >= 11 is 4.55. The smallest absolute Gasteiger partial charge is 0.0739 e. The van der Waals surface area contributed by atoms with E-state index >= 15 is 0 Å². The van der Waals surface area contributed by atoms with E-state index in [0.717, 1.165) is 3.79 Å². The molecule has 1 aromatic rings. The van der Waals surface area contributed by atoms with E-state index in [4.69, 9.17) is 5.53 Å². The Kier molecular flexibility index (Phi) is 3.70. The zero-order valence-corrected chi connectivity index (χ0v) is 9.08. The highest BCUT2D eigenvalue weighted by Crippen LogP contribution is 2.24. The lowest BCUT2D eigenvalue weighted by molar-refractivity contribution is -0.299. The van der Waals surface area contributed by atoms with Crippen LogP contribution >= 0.6 is 27.3 Å². The molecule has 0 unspecified atom stereocenters. The first kappa shape index (κ1) is 10.8. The molecule has 0 spiro atoms. The van der Waals surface area contributed by atoms with Gasteiger partial charge in [0.05, 0.1) is 15.5 Å². The van der Waals surface area contributed by atoms with Crippen LogP contribution in [-0.2, 0) is 4.79 Å². The third-order valence-electron chi connectivity index (χ3n) is 1.23. The molecular weight excluding hydrogens is 270 g/mol. The van der Waals surface area contributed by atoms with Gasteiger partial charge in [0, 0.05) is 9.79 Å². The number of hydrogen-bond donors (Lipinski definition) is 0. The lowest BCUT2D eigenvalue weighted by Crippen LogP contribution is -2.23. The van der Waals surface area contributed by atoms with Gasteiger partial charge in [0.1, 0.15) is 0 Å². The Morgan fingerprint density at radius 3 is 2.86 bits per heavy atom. The Hall–Kier alpha value is -1.30. The Morgan fingerprint density at radius 1 is 1.71 bits per heavy atom. The van der Waals surface area contributed by atoms with Crippen molar-refractivity contribution in [3.63, 3.8) is 0 Å². The molecule has 0 fully saturated rings. The van der Waals surface area contributed by atoms with E-state index in [1.165, 1.54) is 17.4 Å². The fourth-order valence-electron chi connectivity index (χ4n) is 0.717. The Labute approximate surface area is 91.4 Å². The molecule has 1 aromatic heterocycles. The van der Waals surface area contributed by atoms with Crippen molar-refractivity contribution in [3.05, 3.63) is 36.9 Å². The molecule has 0 aliphatic rings. The summed E-state index contributed by atoms with van der Waals surface area (Å²) in [4.78, 5) is 13.5. The predicted octanol–water partition coefficient (Wildman–Crippen LogP) is 1.91. The minimum absolute atomic E-state index is 0.429. The fourth-order valence-corrected chi connectivity index (χ4v) is 2.08. The van der Waals surface area contributed by atoms with Crippen LogP contribution in [0.15, 0.2) is 26.7 Å². The van der Waals surface area contributed by atoms with E-state index in [-0.39, 0.29) is 0 Å². The van der Waals surface area contributed by atoms with E-state index in [2.05, 4.69) is 26.0 Å². The van der Waals surface area contributed by atoms with Crippen molar-refractivity contribution < 1.29 is 9.90 Å². The summed E-state index contributed by atoms with van der Waals surface area (Å²) in [5.74, 6) is -1.49. The lowest BCUT2D eigenvalue weighted by Gasteiger charge is -1.98. The van der Waals surface area contributed by atoms with Gasteiger partial charge in [-0.2, -0.15) is 0 Å². The average molecular weight is 273 g/mol. The van der Waals surface area contributed by atoms with Crippen LogP contribution in [0.4, 0.5) is 0 Å². The molecule has 0 saturated heterocycles. The Bertz CT molecular complexity index is 430. The molecule has 5 nitrogen and oxygen atoms in total. The van der Waals surface area contributed by atoms with Crippen LogP contribution < -0.4 is 5.11 Å². The van der Waals surface area contributed by atoms with E-state index < -0.39 is 11.7 Å². The highest BCUT2D eigenvalue weighted by atomic mass is 79.9. The first-order valence-electron chi connectivity index (χ1n) is 3.37. The van der Waals surface area contributed by atoms with Crippen molar-refractivity contribution in [1.82, 2.24) is 0 Å². The summed E-state index contributed by atoms with van der Waals surface area (Å²) in [6.07, 6.45) is 1.25. The quantitative estimate of drug-likeness (QED) is 0.364. The van der Waals surface area contributed by atoms with Gasteiger partial charge >= 0.3 is 0 Å². The van der Waals surface area contributed by atoms with Gasteiger partial charge in [-0.05, 0) is 39.7 Å². The number of halogens is 1. The normalized spacial score (nSPS) is 10.8. The van der Waals surface area contributed by atoms with Crippen LogP contribution in [0.1, 0.15) is 4.88 Å². The Morgan fingerprint density at radius 2 is 2.43 bits per heavy atom. The number of aliphatic carboxylic acids is 1. The van der Waals surface area contributed by atoms with Gasteiger partial charge in [-0.1, -0.05) is 5.11 Å². The van der Waals surface area contributed by atoms with Crippen molar-refractivity contribution in [2.75, 3.05) is 0 Å². The zero-order valence-electron chi connectivity index (χ0n) is 6.68. The average Bonchev–Trinajstić information content (AvgIpc) is 2.50. The molecule has 7 heteroatoms. The summed E-state index contributed by atoms with van der Waals surface area (Å²) in [7, 11) is 0. The number of nitrogens with zero attached hydrogens (tertiary/aromatic N) is 3. The minimum Gasteiger partial charge on any atom is -0.545 e. The molecule has 72 valence electrons. The monoisotopic (exact) mass is 272 g/mol. The number of carbonyl (C=O) groups is 1. The summed E-state index contributed by atoms with van der Waals surface area (Å²) < 4.78 is 0.863. The molecule has 0 aromatic carbocycles. The maximum Gasteiger partial charge on any atom is 0.0739 e. The largest absolute Gasteiger partial charge is 0.545 e. The van der Waals surface area contributed by atoms with Crippen LogP contribution in [0, 0.1) is 0 Å². The first-order valence-corrected chi connectivity index (χ1v) is 4.98. The molecule has 14 heavy (non-hydrogen) atoms. The molecule has 0 amide bonds. The highest BCUT2D eigenvalue weighted by molar-refractivity contribution is 9.11. The number of thiophene rings is 1. The summed E-state index contributed by atoms with van der Waals surface area (Å²) in [6, 6.07) is 3.46. The first-order chi connectivity index (χ1) is 6.63. The van der Waals surface area contributed by atoms with Crippen molar-refractivity contribution >= 4 is 39.3 Å². The minimum atomic E-state index is -1.49. The molecule has 0 bridgehead atoms. The van der Waals surface area contributed by atoms with E-state index in [9.17, 15) is 9.90 Å². The SMILES string of the molecule is [N-]=[N+]=NC(=Cc1ccc(Br)s1)C(=O)[O-]. The van der Waals surface area contributed by atoms with Gasteiger partial charge in [-0.3, -0.25) is 0 Å². The molecule has 0 N–H and O–H groups in total. The Balaban J connectivity index is 3.04. The summed E-state index contributed by atoms with van der Waals surface area (Å²) in [5, 5.41) is 13.4. The molecule has 0 radical (unpaired) electrons. The van der Waals surface area contributed by atoms with E-state index in [1.807, 2.05) is 0 Å². The van der Waals surface area contributed by atoms with Gasteiger partial charge < -0.3 is 9.90 Å². The van der Waals surface area contributed by atoms with E-state index in [1.54, 1.807) is 12.1 Å². The van der Waals surface area contributed by atoms with Crippen molar-refractivity contribution in [3.8, 4) is 0 Å². The van der Waals surface area contributed by atoms with Gasteiger partial charge in [0.25, 0.3) is 0 Å². The zero-order chi connectivity index (χ0) is 10.6. The van der Waals surface area contributed by atoms with Crippen molar-refractivity contribution in [1.29, 1.82) is 0 Å². The van der Waals surface area contributed by atoms with Crippen molar-refractivity contribution in [2.24, 2.45) is 5.11 Å². The second kappa shape index (κ2) is 4.80. The second-order valence-corrected chi connectivity index (χ2v) is 4.64. The molecule has 0 aliphatic carbocycles. The van der Waals surface area contributed by atoms with Gasteiger partial charge in [-0.15, -0.1) is 11.3 Å². The van der Waals surface area contributed by atoms with Crippen molar-refractivity contribution in [2.45, 2.75) is 0 Å². The number of carboxylic acids is 1. The molecule has 1 rings (SSSR count). The molecule has 1 heterocycles. The fraction of sp³-hybridized carbons (Fsp3) is 0. The molecule has 0 atom stereocenters. The third-order valence-corrected chi connectivity index (χ3v) is 2.81. The molecular formula is C7H3BrN3O2S-. The number of hydrogen-bond acceptors (Lipinski definition) is 4. The summed E-state index contributed by atoms with van der Waals surface area (Å²) in [5.41, 5.74) is 7.66. The molecule has 0 aliphatic heterocycles. The highest BCUT2D eigenvalue weighted by Gasteiger charge is 1.98. The predicted molar refractivity (Wildman–Crippen MR) is 54.1 cm³/mol. The maximum atomic E-state index is 10.4. The number of carbonyl (C=O) groups excluding carboxylic acids is 1. The third kappa shape index (κ3) is 2.88. The van der Waals surface area contributed by atoms with Gasteiger partial charge in [-0.25, -0.2) is 0 Å². The second-order valence-electron chi connectivity index (χ2n) is 2.15. The molecule has 0 saturated carbocycles. The van der Waals surface area contributed by atoms with Gasteiger partial charge in [0.2, 0.25) is 0 Å².